The molecule has 1 rings (SSSR count). The monoisotopic (exact) mass is 213 g/mol. The van der Waals surface area contributed by atoms with Gasteiger partial charge >= 0.3 is 5.97 Å². The highest BCUT2D eigenvalue weighted by atomic mass is 16.4. The van der Waals surface area contributed by atoms with Crippen LogP contribution in [0.2, 0.25) is 0 Å². The predicted octanol–water partition coefficient (Wildman–Crippen LogP) is 1.55. The zero-order chi connectivity index (χ0) is 11.7. The molecule has 4 heteroatoms. The van der Waals surface area contributed by atoms with E-state index in [1.165, 1.54) is 0 Å². The molecule has 2 N–H and O–H groups in total. The predicted molar refractivity (Wildman–Crippen MR) is 56.4 cm³/mol. The van der Waals surface area contributed by atoms with Crippen molar-refractivity contribution in [3.8, 4) is 0 Å². The van der Waals surface area contributed by atoms with Gasteiger partial charge in [0, 0.05) is 12.0 Å². The van der Waals surface area contributed by atoms with Gasteiger partial charge in [-0.2, -0.15) is 0 Å². The summed E-state index contributed by atoms with van der Waals surface area (Å²) >= 11 is 0. The molecule has 0 atom stereocenters. The van der Waals surface area contributed by atoms with Gasteiger partial charge in [0.05, 0.1) is 5.41 Å². The Morgan fingerprint density at radius 1 is 1.40 bits per heavy atom. The minimum absolute atomic E-state index is 0.0396. The van der Waals surface area contributed by atoms with E-state index in [4.69, 9.17) is 5.11 Å². The molecule has 0 radical (unpaired) electrons. The van der Waals surface area contributed by atoms with Crippen LogP contribution < -0.4 is 5.32 Å². The molecule has 1 amide bonds. The smallest absolute Gasteiger partial charge is 0.309 e. The Labute approximate surface area is 90.0 Å². The summed E-state index contributed by atoms with van der Waals surface area (Å²) in [5.41, 5.74) is -1.07. The van der Waals surface area contributed by atoms with Crippen LogP contribution in [0.4, 0.5) is 0 Å². The number of hydrogen-bond donors (Lipinski definition) is 2. The SMILES string of the molecule is CC1(NC(=O)CC(C)(C)C(=O)O)CCC1. The number of carbonyl (C=O) groups is 2. The molecule has 0 aliphatic heterocycles. The third-order valence-electron chi connectivity index (χ3n) is 3.08. The second-order valence-electron chi connectivity index (χ2n) is 5.33. The Hall–Kier alpha value is -1.06. The summed E-state index contributed by atoms with van der Waals surface area (Å²) in [6.07, 6.45) is 3.16. The van der Waals surface area contributed by atoms with Crippen LogP contribution in [0.3, 0.4) is 0 Å². The van der Waals surface area contributed by atoms with Gasteiger partial charge in [0.15, 0.2) is 0 Å². The first-order valence-corrected chi connectivity index (χ1v) is 5.30. The highest BCUT2D eigenvalue weighted by Gasteiger charge is 2.36. The van der Waals surface area contributed by atoms with E-state index in [-0.39, 0.29) is 17.9 Å². The molecule has 0 aromatic rings. The van der Waals surface area contributed by atoms with Crippen molar-refractivity contribution in [1.29, 1.82) is 0 Å². The Morgan fingerprint density at radius 3 is 2.27 bits per heavy atom. The topological polar surface area (TPSA) is 66.4 Å². The molecule has 86 valence electrons. The van der Waals surface area contributed by atoms with Crippen LogP contribution in [0.1, 0.15) is 46.5 Å². The number of carbonyl (C=O) groups excluding carboxylic acids is 1. The van der Waals surface area contributed by atoms with E-state index < -0.39 is 11.4 Å². The largest absolute Gasteiger partial charge is 0.481 e. The van der Waals surface area contributed by atoms with Crippen LogP contribution in [-0.4, -0.2) is 22.5 Å². The van der Waals surface area contributed by atoms with E-state index in [0.717, 1.165) is 19.3 Å². The summed E-state index contributed by atoms with van der Waals surface area (Å²) < 4.78 is 0. The van der Waals surface area contributed by atoms with Gasteiger partial charge in [-0.15, -0.1) is 0 Å². The highest BCUT2D eigenvalue weighted by Crippen LogP contribution is 2.31. The maximum atomic E-state index is 11.6. The summed E-state index contributed by atoms with van der Waals surface area (Å²) in [5.74, 6) is -1.10. The van der Waals surface area contributed by atoms with Crippen molar-refractivity contribution in [1.82, 2.24) is 5.32 Å². The van der Waals surface area contributed by atoms with Gasteiger partial charge in [-0.3, -0.25) is 9.59 Å². The van der Waals surface area contributed by atoms with Gasteiger partial charge in [-0.25, -0.2) is 0 Å². The lowest BCUT2D eigenvalue weighted by Gasteiger charge is -2.39. The van der Waals surface area contributed by atoms with Gasteiger partial charge in [0.2, 0.25) is 5.91 Å². The first kappa shape index (κ1) is 12.0. The maximum absolute atomic E-state index is 11.6. The molecule has 1 saturated carbocycles. The number of aliphatic carboxylic acids is 1. The molecule has 0 aromatic heterocycles. The van der Waals surface area contributed by atoms with Crippen molar-refractivity contribution in [3.63, 3.8) is 0 Å². The molecule has 0 aromatic carbocycles. The van der Waals surface area contributed by atoms with Crippen molar-refractivity contribution < 1.29 is 14.7 Å². The molecule has 15 heavy (non-hydrogen) atoms. The normalized spacial score (nSPS) is 19.1. The number of amides is 1. The number of nitrogens with one attached hydrogen (secondary N) is 1. The Balaban J connectivity index is 2.45. The van der Waals surface area contributed by atoms with Crippen LogP contribution in [0.5, 0.6) is 0 Å². The maximum Gasteiger partial charge on any atom is 0.309 e. The number of rotatable bonds is 4. The lowest BCUT2D eigenvalue weighted by Crippen LogP contribution is -2.52. The molecule has 0 bridgehead atoms. The highest BCUT2D eigenvalue weighted by molar-refractivity contribution is 5.84. The quantitative estimate of drug-likeness (QED) is 0.744. The van der Waals surface area contributed by atoms with Crippen molar-refractivity contribution >= 4 is 11.9 Å². The lowest BCUT2D eigenvalue weighted by atomic mass is 9.78. The standard InChI is InChI=1S/C11H19NO3/c1-10(2,9(14)15)7-8(13)12-11(3)5-4-6-11/h4-7H2,1-3H3,(H,12,13)(H,14,15). The number of carboxylic acids is 1. The summed E-state index contributed by atoms with van der Waals surface area (Å²) in [5, 5.41) is 11.8. The minimum Gasteiger partial charge on any atom is -0.481 e. The minimum atomic E-state index is -0.982. The van der Waals surface area contributed by atoms with Crippen LogP contribution in [0, 0.1) is 5.41 Å². The van der Waals surface area contributed by atoms with E-state index in [1.807, 2.05) is 6.92 Å². The second-order valence-corrected chi connectivity index (χ2v) is 5.33. The van der Waals surface area contributed by atoms with E-state index in [2.05, 4.69) is 5.32 Å². The first-order valence-electron chi connectivity index (χ1n) is 5.30. The molecule has 0 saturated heterocycles. The molecule has 1 aliphatic rings. The summed E-state index contributed by atoms with van der Waals surface area (Å²) in [6, 6.07) is 0. The third kappa shape index (κ3) is 2.94. The molecule has 1 fully saturated rings. The second kappa shape index (κ2) is 3.83. The van der Waals surface area contributed by atoms with Crippen LogP contribution in [0.15, 0.2) is 0 Å². The van der Waals surface area contributed by atoms with E-state index >= 15 is 0 Å². The van der Waals surface area contributed by atoms with Gasteiger partial charge in [0.1, 0.15) is 0 Å². The fraction of sp³-hybridized carbons (Fsp3) is 0.818. The molecule has 0 spiro atoms. The Kier molecular flexibility index (Phi) is 3.07. The Bertz CT molecular complexity index is 280. The van der Waals surface area contributed by atoms with Gasteiger partial charge < -0.3 is 10.4 Å². The fourth-order valence-electron chi connectivity index (χ4n) is 1.69. The zero-order valence-corrected chi connectivity index (χ0v) is 9.59. The van der Waals surface area contributed by atoms with Gasteiger partial charge in [-0.1, -0.05) is 0 Å². The van der Waals surface area contributed by atoms with E-state index in [0.29, 0.717) is 0 Å². The van der Waals surface area contributed by atoms with Crippen molar-refractivity contribution in [3.05, 3.63) is 0 Å². The van der Waals surface area contributed by atoms with Crippen LogP contribution in [0.25, 0.3) is 0 Å². The zero-order valence-electron chi connectivity index (χ0n) is 9.59. The number of hydrogen-bond acceptors (Lipinski definition) is 2. The summed E-state index contributed by atoms with van der Waals surface area (Å²) in [4.78, 5) is 22.4. The summed E-state index contributed by atoms with van der Waals surface area (Å²) in [6.45, 7) is 5.14. The molecule has 4 nitrogen and oxygen atoms in total. The fourth-order valence-corrected chi connectivity index (χ4v) is 1.69. The van der Waals surface area contributed by atoms with E-state index in [1.54, 1.807) is 13.8 Å². The molecule has 0 heterocycles. The average Bonchev–Trinajstić information content (AvgIpc) is 1.99. The molecular weight excluding hydrogens is 194 g/mol. The van der Waals surface area contributed by atoms with Crippen LogP contribution in [-0.2, 0) is 9.59 Å². The van der Waals surface area contributed by atoms with E-state index in [9.17, 15) is 9.59 Å². The number of carboxylic acid groups (broad SMARTS) is 1. The Morgan fingerprint density at radius 2 is 1.93 bits per heavy atom. The lowest BCUT2D eigenvalue weighted by molar-refractivity contribution is -0.150. The van der Waals surface area contributed by atoms with Gasteiger partial charge in [-0.05, 0) is 40.0 Å². The van der Waals surface area contributed by atoms with Crippen LogP contribution >= 0.6 is 0 Å². The van der Waals surface area contributed by atoms with Gasteiger partial charge in [0.25, 0.3) is 0 Å². The first-order chi connectivity index (χ1) is 6.75. The van der Waals surface area contributed by atoms with Crippen molar-refractivity contribution in [2.75, 3.05) is 0 Å². The molecule has 0 unspecified atom stereocenters. The van der Waals surface area contributed by atoms with Crippen molar-refractivity contribution in [2.45, 2.75) is 52.0 Å². The third-order valence-corrected chi connectivity index (χ3v) is 3.08. The molecular formula is C11H19NO3. The van der Waals surface area contributed by atoms with Crippen molar-refractivity contribution in [2.24, 2.45) is 5.41 Å². The average molecular weight is 213 g/mol. The summed E-state index contributed by atoms with van der Waals surface area (Å²) in [7, 11) is 0. The molecule has 1 aliphatic carbocycles.